The van der Waals surface area contributed by atoms with E-state index in [0.717, 1.165) is 0 Å². The Hall–Kier alpha value is -2.21. The molecular formula is C14H16N2O3S. The molecule has 106 valence electrons. The van der Waals surface area contributed by atoms with Gasteiger partial charge in [-0.15, -0.1) is 0 Å². The Morgan fingerprint density at radius 2 is 1.75 bits per heavy atom. The van der Waals surface area contributed by atoms with Gasteiger partial charge < -0.3 is 10.5 Å². The smallest absolute Gasteiger partial charge is 0.264 e. The van der Waals surface area contributed by atoms with Gasteiger partial charge in [0.05, 0.1) is 23.4 Å². The highest BCUT2D eigenvalue weighted by atomic mass is 32.2. The van der Waals surface area contributed by atoms with Gasteiger partial charge in [-0.05, 0) is 30.3 Å². The third-order valence-corrected chi connectivity index (χ3v) is 4.76. The molecule has 0 fully saturated rings. The predicted molar refractivity (Wildman–Crippen MR) is 79.4 cm³/mol. The van der Waals surface area contributed by atoms with Crippen LogP contribution in [-0.4, -0.2) is 22.6 Å². The summed E-state index contributed by atoms with van der Waals surface area (Å²) in [5.74, 6) is 0.450. The van der Waals surface area contributed by atoms with Crippen molar-refractivity contribution in [1.82, 2.24) is 0 Å². The van der Waals surface area contributed by atoms with E-state index < -0.39 is 10.0 Å². The maximum absolute atomic E-state index is 12.5. The van der Waals surface area contributed by atoms with Crippen LogP contribution in [0.3, 0.4) is 0 Å². The summed E-state index contributed by atoms with van der Waals surface area (Å²) in [4.78, 5) is 0.127. The van der Waals surface area contributed by atoms with Crippen molar-refractivity contribution in [3.05, 3.63) is 48.5 Å². The van der Waals surface area contributed by atoms with E-state index in [0.29, 0.717) is 11.4 Å². The molecule has 2 aromatic carbocycles. The highest BCUT2D eigenvalue weighted by Crippen LogP contribution is 2.27. The molecule has 0 bridgehead atoms. The van der Waals surface area contributed by atoms with Crippen LogP contribution in [0.25, 0.3) is 0 Å². The molecule has 0 atom stereocenters. The third kappa shape index (κ3) is 2.55. The molecule has 0 radical (unpaired) electrons. The van der Waals surface area contributed by atoms with E-state index in [4.69, 9.17) is 10.5 Å². The van der Waals surface area contributed by atoms with Crippen LogP contribution in [0.15, 0.2) is 53.4 Å². The Morgan fingerprint density at radius 3 is 2.30 bits per heavy atom. The summed E-state index contributed by atoms with van der Waals surface area (Å²) in [5, 5.41) is 0. The summed E-state index contributed by atoms with van der Waals surface area (Å²) in [5.41, 5.74) is 6.63. The van der Waals surface area contributed by atoms with E-state index in [-0.39, 0.29) is 10.6 Å². The van der Waals surface area contributed by atoms with Crippen molar-refractivity contribution in [2.24, 2.45) is 0 Å². The Kier molecular flexibility index (Phi) is 3.85. The fourth-order valence-corrected chi connectivity index (χ4v) is 3.04. The van der Waals surface area contributed by atoms with Crippen molar-refractivity contribution in [2.75, 3.05) is 24.2 Å². The second kappa shape index (κ2) is 5.42. The summed E-state index contributed by atoms with van der Waals surface area (Å²) in [6, 6.07) is 13.3. The molecule has 0 heterocycles. The van der Waals surface area contributed by atoms with Crippen molar-refractivity contribution in [3.8, 4) is 5.75 Å². The number of ether oxygens (including phenoxy) is 1. The Bertz CT molecular complexity index is 700. The van der Waals surface area contributed by atoms with Gasteiger partial charge in [0.15, 0.2) is 0 Å². The van der Waals surface area contributed by atoms with Crippen LogP contribution in [0.1, 0.15) is 0 Å². The first kappa shape index (κ1) is 14.2. The van der Waals surface area contributed by atoms with Crippen LogP contribution in [0.2, 0.25) is 0 Å². The minimum Gasteiger partial charge on any atom is -0.495 e. The lowest BCUT2D eigenvalue weighted by Gasteiger charge is -2.20. The first-order chi connectivity index (χ1) is 9.46. The summed E-state index contributed by atoms with van der Waals surface area (Å²) in [6.45, 7) is 0. The maximum Gasteiger partial charge on any atom is 0.264 e. The maximum atomic E-state index is 12.5. The zero-order valence-corrected chi connectivity index (χ0v) is 12.1. The van der Waals surface area contributed by atoms with Crippen molar-refractivity contribution in [1.29, 1.82) is 0 Å². The van der Waals surface area contributed by atoms with E-state index in [9.17, 15) is 8.42 Å². The first-order valence-corrected chi connectivity index (χ1v) is 7.38. The second-order valence-electron chi connectivity index (χ2n) is 4.21. The molecule has 0 spiro atoms. The molecule has 2 aromatic rings. The molecule has 0 saturated carbocycles. The molecule has 0 aromatic heterocycles. The Labute approximate surface area is 118 Å². The van der Waals surface area contributed by atoms with Crippen LogP contribution in [0, 0.1) is 0 Å². The average Bonchev–Trinajstić information content (AvgIpc) is 2.47. The van der Waals surface area contributed by atoms with Crippen molar-refractivity contribution >= 4 is 21.4 Å². The molecule has 5 nitrogen and oxygen atoms in total. The third-order valence-electron chi connectivity index (χ3n) is 2.98. The SMILES string of the molecule is COc1ccc(S(=O)(=O)N(C)c2ccccc2)cc1N. The number of rotatable bonds is 4. The van der Waals surface area contributed by atoms with E-state index in [1.54, 1.807) is 30.3 Å². The van der Waals surface area contributed by atoms with Gasteiger partial charge in [-0.2, -0.15) is 0 Å². The predicted octanol–water partition coefficient (Wildman–Crippen LogP) is 2.10. The van der Waals surface area contributed by atoms with Crippen molar-refractivity contribution in [2.45, 2.75) is 4.90 Å². The van der Waals surface area contributed by atoms with Gasteiger partial charge in [0.25, 0.3) is 10.0 Å². The zero-order chi connectivity index (χ0) is 14.8. The summed E-state index contributed by atoms with van der Waals surface area (Å²) in [7, 11) is -0.655. The van der Waals surface area contributed by atoms with Crippen molar-refractivity contribution < 1.29 is 13.2 Å². The number of anilines is 2. The lowest BCUT2D eigenvalue weighted by atomic mass is 10.3. The number of methoxy groups -OCH3 is 1. The topological polar surface area (TPSA) is 72.6 Å². The van der Waals surface area contributed by atoms with E-state index in [1.807, 2.05) is 6.07 Å². The molecule has 2 rings (SSSR count). The summed E-state index contributed by atoms with van der Waals surface area (Å²) in [6.07, 6.45) is 0. The van der Waals surface area contributed by atoms with E-state index >= 15 is 0 Å². The first-order valence-electron chi connectivity index (χ1n) is 5.94. The molecule has 0 aliphatic carbocycles. The standard InChI is InChI=1S/C14H16N2O3S/c1-16(11-6-4-3-5-7-11)20(17,18)12-8-9-14(19-2)13(15)10-12/h3-10H,15H2,1-2H3. The molecule has 20 heavy (non-hydrogen) atoms. The van der Waals surface area contributed by atoms with Crippen LogP contribution < -0.4 is 14.8 Å². The number of hydrogen-bond donors (Lipinski definition) is 1. The van der Waals surface area contributed by atoms with Crippen molar-refractivity contribution in [3.63, 3.8) is 0 Å². The summed E-state index contributed by atoms with van der Waals surface area (Å²) >= 11 is 0. The minimum absolute atomic E-state index is 0.127. The highest BCUT2D eigenvalue weighted by molar-refractivity contribution is 7.92. The van der Waals surface area contributed by atoms with Gasteiger partial charge >= 0.3 is 0 Å². The van der Waals surface area contributed by atoms with E-state index in [2.05, 4.69) is 0 Å². The summed E-state index contributed by atoms with van der Waals surface area (Å²) < 4.78 is 31.3. The largest absolute Gasteiger partial charge is 0.495 e. The number of nitrogens with two attached hydrogens (primary N) is 1. The van der Waals surface area contributed by atoms with Crippen LogP contribution >= 0.6 is 0 Å². The fraction of sp³-hybridized carbons (Fsp3) is 0.143. The quantitative estimate of drug-likeness (QED) is 0.876. The molecule has 0 amide bonds. The number of nitrogen functional groups attached to an aromatic ring is 1. The Morgan fingerprint density at radius 1 is 1.10 bits per heavy atom. The molecule has 0 aliphatic rings. The minimum atomic E-state index is -3.64. The zero-order valence-electron chi connectivity index (χ0n) is 11.3. The van der Waals surface area contributed by atoms with E-state index in [1.165, 1.54) is 30.6 Å². The molecule has 6 heteroatoms. The van der Waals surface area contributed by atoms with Gasteiger partial charge in [0.2, 0.25) is 0 Å². The lowest BCUT2D eigenvalue weighted by molar-refractivity contribution is 0.416. The van der Waals surface area contributed by atoms with Crippen LogP contribution in [0.5, 0.6) is 5.75 Å². The lowest BCUT2D eigenvalue weighted by Crippen LogP contribution is -2.26. The van der Waals surface area contributed by atoms with Gasteiger partial charge in [-0.1, -0.05) is 18.2 Å². The molecule has 2 N–H and O–H groups in total. The van der Waals surface area contributed by atoms with Crippen LogP contribution in [0.4, 0.5) is 11.4 Å². The monoisotopic (exact) mass is 292 g/mol. The molecule has 0 unspecified atom stereocenters. The van der Waals surface area contributed by atoms with Crippen LogP contribution in [-0.2, 0) is 10.0 Å². The fourth-order valence-electron chi connectivity index (χ4n) is 1.81. The number of nitrogens with zero attached hydrogens (tertiary/aromatic N) is 1. The van der Waals surface area contributed by atoms with Gasteiger partial charge in [-0.25, -0.2) is 8.42 Å². The number of para-hydroxylation sites is 1. The molecular weight excluding hydrogens is 276 g/mol. The second-order valence-corrected chi connectivity index (χ2v) is 6.18. The number of sulfonamides is 1. The molecule has 0 saturated heterocycles. The average molecular weight is 292 g/mol. The number of benzene rings is 2. The number of hydrogen-bond acceptors (Lipinski definition) is 4. The Balaban J connectivity index is 2.43. The van der Waals surface area contributed by atoms with Gasteiger partial charge in [0, 0.05) is 7.05 Å². The normalized spacial score (nSPS) is 11.1. The molecule has 0 aliphatic heterocycles. The highest BCUT2D eigenvalue weighted by Gasteiger charge is 2.22. The van der Waals surface area contributed by atoms with Gasteiger partial charge in [-0.3, -0.25) is 4.31 Å². The van der Waals surface area contributed by atoms with Gasteiger partial charge in [0.1, 0.15) is 5.75 Å².